The highest BCUT2D eigenvalue weighted by atomic mass is 16.5. The van der Waals surface area contributed by atoms with Gasteiger partial charge < -0.3 is 10.1 Å². The molecule has 3 heteroatoms. The van der Waals surface area contributed by atoms with Crippen molar-refractivity contribution in [3.05, 3.63) is 0 Å². The minimum atomic E-state index is 0.0245. The van der Waals surface area contributed by atoms with Gasteiger partial charge in [0, 0.05) is 26.7 Å². The summed E-state index contributed by atoms with van der Waals surface area (Å²) in [4.78, 5) is 10.3. The van der Waals surface area contributed by atoms with E-state index in [0.717, 1.165) is 26.2 Å². The van der Waals surface area contributed by atoms with Crippen molar-refractivity contribution in [2.75, 3.05) is 19.8 Å². The van der Waals surface area contributed by atoms with Crippen molar-refractivity contribution in [3.63, 3.8) is 0 Å². The molecule has 0 rings (SSSR count). The number of carbonyl (C=O) groups excluding carboxylic acids is 1. The maximum atomic E-state index is 10.3. The summed E-state index contributed by atoms with van der Waals surface area (Å²) in [6.07, 6.45) is 0.896. The molecular weight excluding hydrogens is 154 g/mol. The minimum Gasteiger partial charge on any atom is -0.382 e. The molecule has 3 nitrogen and oxygen atoms in total. The van der Waals surface area contributed by atoms with Crippen LogP contribution in [0.3, 0.4) is 0 Å². The predicted octanol–water partition coefficient (Wildman–Crippen LogP) is 1.58. The Bertz CT molecular complexity index is 94.5. The van der Waals surface area contributed by atoms with E-state index >= 15 is 0 Å². The lowest BCUT2D eigenvalue weighted by Gasteiger charge is -2.01. The van der Waals surface area contributed by atoms with Crippen molar-refractivity contribution >= 4 is 5.91 Å². The third-order valence-corrected chi connectivity index (χ3v) is 1.04. The molecule has 1 amide bonds. The second-order valence-corrected chi connectivity index (χ2v) is 2.03. The van der Waals surface area contributed by atoms with E-state index in [4.69, 9.17) is 4.74 Å². The van der Waals surface area contributed by atoms with Crippen LogP contribution >= 0.6 is 0 Å². The van der Waals surface area contributed by atoms with Gasteiger partial charge >= 0.3 is 0 Å². The Hall–Kier alpha value is -0.570. The van der Waals surface area contributed by atoms with Crippen LogP contribution < -0.4 is 5.32 Å². The summed E-state index contributed by atoms with van der Waals surface area (Å²) in [5, 5.41) is 2.69. The van der Waals surface area contributed by atoms with Crippen LogP contribution in [0.1, 0.15) is 34.1 Å². The van der Waals surface area contributed by atoms with Gasteiger partial charge in [0.05, 0.1) is 0 Å². The summed E-state index contributed by atoms with van der Waals surface area (Å²) in [6, 6.07) is 0. The molecule has 0 unspecified atom stereocenters. The maximum Gasteiger partial charge on any atom is 0.216 e. The maximum absolute atomic E-state index is 10.3. The highest BCUT2D eigenvalue weighted by molar-refractivity contribution is 5.72. The number of hydrogen-bond donors (Lipinski definition) is 1. The van der Waals surface area contributed by atoms with Crippen molar-refractivity contribution in [2.24, 2.45) is 0 Å². The topological polar surface area (TPSA) is 38.3 Å². The van der Waals surface area contributed by atoms with Crippen molar-refractivity contribution in [1.29, 1.82) is 0 Å². The van der Waals surface area contributed by atoms with Crippen molar-refractivity contribution in [2.45, 2.75) is 34.1 Å². The molecule has 0 heterocycles. The fourth-order valence-corrected chi connectivity index (χ4v) is 0.583. The van der Waals surface area contributed by atoms with Gasteiger partial charge in [0.1, 0.15) is 0 Å². The third kappa shape index (κ3) is 16.2. The molecule has 0 bridgehead atoms. The lowest BCUT2D eigenvalue weighted by molar-refractivity contribution is -0.118. The van der Waals surface area contributed by atoms with E-state index in [1.54, 1.807) is 0 Å². The lowest BCUT2D eigenvalue weighted by Crippen LogP contribution is -2.21. The Morgan fingerprint density at radius 3 is 2.42 bits per heavy atom. The van der Waals surface area contributed by atoms with E-state index in [2.05, 4.69) is 5.32 Å². The van der Waals surface area contributed by atoms with Crippen LogP contribution in [0.25, 0.3) is 0 Å². The summed E-state index contributed by atoms with van der Waals surface area (Å²) >= 11 is 0. The molecule has 0 aliphatic carbocycles. The van der Waals surface area contributed by atoms with Gasteiger partial charge in [-0.15, -0.1) is 0 Å². The first-order chi connectivity index (χ1) is 5.77. The third-order valence-electron chi connectivity index (χ3n) is 1.04. The second-order valence-electron chi connectivity index (χ2n) is 2.03. The quantitative estimate of drug-likeness (QED) is 0.644. The molecule has 0 aliphatic rings. The minimum absolute atomic E-state index is 0.0245. The standard InChI is InChI=1S/C7H15NO2.C2H6/c1-3-10-6-4-5-8-7(2)9;1-2/h3-6H2,1-2H3,(H,8,9);1-2H3. The van der Waals surface area contributed by atoms with Gasteiger partial charge in [-0.3, -0.25) is 4.79 Å². The average molecular weight is 175 g/mol. The van der Waals surface area contributed by atoms with Crippen molar-refractivity contribution in [1.82, 2.24) is 5.32 Å². The van der Waals surface area contributed by atoms with Gasteiger partial charge in [-0.25, -0.2) is 0 Å². The first-order valence-corrected chi connectivity index (χ1v) is 4.59. The zero-order valence-corrected chi connectivity index (χ0v) is 8.64. The fraction of sp³-hybridized carbons (Fsp3) is 0.889. The molecule has 0 aliphatic heterocycles. The zero-order chi connectivity index (χ0) is 9.82. The van der Waals surface area contributed by atoms with Crippen LogP contribution in [0.2, 0.25) is 0 Å². The van der Waals surface area contributed by atoms with Crippen LogP contribution in [0, 0.1) is 0 Å². The highest BCUT2D eigenvalue weighted by Gasteiger charge is 1.89. The largest absolute Gasteiger partial charge is 0.382 e. The lowest BCUT2D eigenvalue weighted by atomic mass is 10.4. The molecule has 0 aromatic heterocycles. The first-order valence-electron chi connectivity index (χ1n) is 4.59. The van der Waals surface area contributed by atoms with Gasteiger partial charge in [-0.05, 0) is 13.3 Å². The molecule has 0 fully saturated rings. The normalized spacial score (nSPS) is 8.33. The monoisotopic (exact) mass is 175 g/mol. The summed E-state index contributed by atoms with van der Waals surface area (Å²) in [5.41, 5.74) is 0. The Balaban J connectivity index is 0. The molecule has 12 heavy (non-hydrogen) atoms. The number of ether oxygens (including phenoxy) is 1. The van der Waals surface area contributed by atoms with E-state index < -0.39 is 0 Å². The number of rotatable bonds is 5. The molecular formula is C9H21NO2. The number of hydrogen-bond acceptors (Lipinski definition) is 2. The Morgan fingerprint density at radius 2 is 2.00 bits per heavy atom. The Labute approximate surface area is 75.5 Å². The van der Waals surface area contributed by atoms with Crippen LogP contribution in [-0.4, -0.2) is 25.7 Å². The SMILES string of the molecule is CC.CCOCCCNC(C)=O. The van der Waals surface area contributed by atoms with Crippen molar-refractivity contribution in [3.8, 4) is 0 Å². The molecule has 0 aromatic rings. The summed E-state index contributed by atoms with van der Waals surface area (Å²) in [6.45, 7) is 9.67. The Kier molecular flexibility index (Phi) is 15.2. The summed E-state index contributed by atoms with van der Waals surface area (Å²) < 4.78 is 5.06. The van der Waals surface area contributed by atoms with E-state index in [1.165, 1.54) is 6.92 Å². The zero-order valence-electron chi connectivity index (χ0n) is 8.64. The smallest absolute Gasteiger partial charge is 0.216 e. The van der Waals surface area contributed by atoms with Crippen LogP contribution in [0.15, 0.2) is 0 Å². The van der Waals surface area contributed by atoms with Gasteiger partial charge in [-0.1, -0.05) is 13.8 Å². The van der Waals surface area contributed by atoms with Gasteiger partial charge in [0.15, 0.2) is 0 Å². The number of carbonyl (C=O) groups is 1. The predicted molar refractivity (Wildman–Crippen MR) is 51.1 cm³/mol. The van der Waals surface area contributed by atoms with E-state index in [9.17, 15) is 4.79 Å². The molecule has 0 radical (unpaired) electrons. The van der Waals surface area contributed by atoms with E-state index in [1.807, 2.05) is 20.8 Å². The fourth-order valence-electron chi connectivity index (χ4n) is 0.583. The molecule has 1 N–H and O–H groups in total. The van der Waals surface area contributed by atoms with Crippen molar-refractivity contribution < 1.29 is 9.53 Å². The number of nitrogens with one attached hydrogen (secondary N) is 1. The highest BCUT2D eigenvalue weighted by Crippen LogP contribution is 1.79. The van der Waals surface area contributed by atoms with Gasteiger partial charge in [0.25, 0.3) is 0 Å². The first kappa shape index (κ1) is 14.0. The molecule has 0 saturated heterocycles. The second kappa shape index (κ2) is 13.1. The molecule has 0 spiro atoms. The summed E-state index contributed by atoms with van der Waals surface area (Å²) in [7, 11) is 0. The molecule has 0 atom stereocenters. The van der Waals surface area contributed by atoms with Crippen LogP contribution in [-0.2, 0) is 9.53 Å². The number of amides is 1. The van der Waals surface area contributed by atoms with E-state index in [-0.39, 0.29) is 5.91 Å². The van der Waals surface area contributed by atoms with E-state index in [0.29, 0.717) is 0 Å². The van der Waals surface area contributed by atoms with Crippen LogP contribution in [0.5, 0.6) is 0 Å². The Morgan fingerprint density at radius 1 is 1.42 bits per heavy atom. The molecule has 74 valence electrons. The summed E-state index contributed by atoms with van der Waals surface area (Å²) in [5.74, 6) is 0.0245. The van der Waals surface area contributed by atoms with Gasteiger partial charge in [-0.2, -0.15) is 0 Å². The van der Waals surface area contributed by atoms with Crippen LogP contribution in [0.4, 0.5) is 0 Å². The van der Waals surface area contributed by atoms with Gasteiger partial charge in [0.2, 0.25) is 5.91 Å². The molecule has 0 aromatic carbocycles. The molecule has 0 saturated carbocycles. The average Bonchev–Trinajstić information content (AvgIpc) is 2.07.